The number of rotatable bonds is 6. The Kier molecular flexibility index (Phi) is 5.51. The van der Waals surface area contributed by atoms with Gasteiger partial charge in [-0.15, -0.1) is 0 Å². The topological polar surface area (TPSA) is 90.7 Å². The number of aryl methyl sites for hydroxylation is 1. The van der Waals surface area contributed by atoms with Gasteiger partial charge in [0.15, 0.2) is 11.5 Å². The number of methoxy groups -OCH3 is 3. The maximum Gasteiger partial charge on any atom is 0.282 e. The molecule has 0 bridgehead atoms. The molecule has 4 aromatic rings. The second-order valence-electron chi connectivity index (χ2n) is 6.80. The second-order valence-corrected chi connectivity index (χ2v) is 7.81. The number of benzene rings is 2. The fourth-order valence-corrected chi connectivity index (χ4v) is 4.37. The van der Waals surface area contributed by atoms with Crippen molar-refractivity contribution in [2.45, 2.75) is 13.8 Å². The molecule has 0 saturated heterocycles. The lowest BCUT2D eigenvalue weighted by Gasteiger charge is -2.12. The summed E-state index contributed by atoms with van der Waals surface area (Å²) >= 11 is 1.45. The molecule has 4 rings (SSSR count). The van der Waals surface area contributed by atoms with E-state index < -0.39 is 0 Å². The maximum atomic E-state index is 13.2. The molecular formula is C22H22N4O4S. The molecule has 8 nitrogen and oxygen atoms in total. The second kappa shape index (κ2) is 8.27. The first-order valence-corrected chi connectivity index (χ1v) is 10.3. The molecule has 9 heteroatoms. The fourth-order valence-electron chi connectivity index (χ4n) is 3.44. The number of hydrogen-bond donors (Lipinski definition) is 1. The van der Waals surface area contributed by atoms with Crippen LogP contribution in [-0.4, -0.2) is 41.8 Å². The first kappa shape index (κ1) is 20.7. The van der Waals surface area contributed by atoms with Gasteiger partial charge in [0.1, 0.15) is 0 Å². The van der Waals surface area contributed by atoms with Crippen molar-refractivity contribution in [1.82, 2.24) is 14.8 Å². The Hall–Kier alpha value is -3.59. The van der Waals surface area contributed by atoms with E-state index in [1.807, 2.05) is 31.2 Å². The van der Waals surface area contributed by atoms with Crippen LogP contribution in [0.3, 0.4) is 0 Å². The fraction of sp³-hybridized carbons (Fsp3) is 0.227. The molecule has 160 valence electrons. The monoisotopic (exact) mass is 438 g/mol. The number of thiazole rings is 1. The predicted molar refractivity (Wildman–Crippen MR) is 122 cm³/mol. The zero-order chi connectivity index (χ0) is 22.1. The average Bonchev–Trinajstić information content (AvgIpc) is 3.32. The molecule has 0 unspecified atom stereocenters. The van der Waals surface area contributed by atoms with Crippen molar-refractivity contribution in [3.8, 4) is 22.4 Å². The van der Waals surface area contributed by atoms with Crippen LogP contribution in [0.4, 0.5) is 5.69 Å². The number of aromatic nitrogens is 3. The summed E-state index contributed by atoms with van der Waals surface area (Å²) < 4.78 is 18.6. The average molecular weight is 439 g/mol. The van der Waals surface area contributed by atoms with Gasteiger partial charge in [0, 0.05) is 17.8 Å². The number of nitrogens with one attached hydrogen (secondary N) is 1. The van der Waals surface area contributed by atoms with E-state index in [0.29, 0.717) is 45.0 Å². The Morgan fingerprint density at radius 3 is 2.39 bits per heavy atom. The number of hydrogen-bond acceptors (Lipinski definition) is 7. The zero-order valence-electron chi connectivity index (χ0n) is 17.8. The molecule has 0 aliphatic heterocycles. The van der Waals surface area contributed by atoms with Gasteiger partial charge >= 0.3 is 0 Å². The number of H-pyrrole nitrogens is 1. The number of fused-ring (bicyclic) bond motifs is 1. The third-order valence-corrected chi connectivity index (χ3v) is 5.88. The molecule has 1 N–H and O–H groups in total. The van der Waals surface area contributed by atoms with Gasteiger partial charge in [0.05, 0.1) is 48.5 Å². The van der Waals surface area contributed by atoms with E-state index in [0.717, 1.165) is 10.2 Å². The van der Waals surface area contributed by atoms with Gasteiger partial charge < -0.3 is 14.2 Å². The molecule has 0 saturated carbocycles. The van der Waals surface area contributed by atoms with E-state index in [1.165, 1.54) is 16.0 Å². The highest BCUT2D eigenvalue weighted by molar-refractivity contribution is 7.20. The van der Waals surface area contributed by atoms with Crippen LogP contribution in [0.2, 0.25) is 0 Å². The van der Waals surface area contributed by atoms with Gasteiger partial charge in [-0.1, -0.05) is 23.5 Å². The highest BCUT2D eigenvalue weighted by Gasteiger charge is 2.18. The van der Waals surface area contributed by atoms with E-state index in [9.17, 15) is 4.79 Å². The summed E-state index contributed by atoms with van der Waals surface area (Å²) in [6.45, 7) is 3.64. The minimum Gasteiger partial charge on any atom is -0.493 e. The summed E-state index contributed by atoms with van der Waals surface area (Å²) in [5, 5.41) is 3.71. The van der Waals surface area contributed by atoms with E-state index in [2.05, 4.69) is 15.1 Å². The third-order valence-electron chi connectivity index (χ3n) is 4.85. The first-order valence-electron chi connectivity index (χ1n) is 9.50. The summed E-state index contributed by atoms with van der Waals surface area (Å²) in [7, 11) is 4.64. The molecule has 0 fully saturated rings. The van der Waals surface area contributed by atoms with Gasteiger partial charge in [-0.25, -0.2) is 4.98 Å². The van der Waals surface area contributed by atoms with E-state index in [4.69, 9.17) is 14.2 Å². The van der Waals surface area contributed by atoms with Gasteiger partial charge in [-0.2, -0.15) is 4.68 Å². The molecule has 2 aromatic carbocycles. The molecule has 2 aromatic heterocycles. The molecular weight excluding hydrogens is 416 g/mol. The maximum absolute atomic E-state index is 13.2. The first-order chi connectivity index (χ1) is 15.0. The van der Waals surface area contributed by atoms with Crippen LogP contribution >= 0.6 is 11.3 Å². The van der Waals surface area contributed by atoms with Crippen LogP contribution in [0.5, 0.6) is 17.2 Å². The molecule has 2 heterocycles. The van der Waals surface area contributed by atoms with Crippen molar-refractivity contribution in [1.29, 1.82) is 0 Å². The molecule has 0 aliphatic rings. The minimum atomic E-state index is -0.203. The van der Waals surface area contributed by atoms with Crippen molar-refractivity contribution in [3.05, 3.63) is 58.0 Å². The van der Waals surface area contributed by atoms with Crippen molar-refractivity contribution >= 4 is 33.0 Å². The van der Waals surface area contributed by atoms with Crippen molar-refractivity contribution in [2.24, 2.45) is 4.99 Å². The van der Waals surface area contributed by atoms with E-state index in [-0.39, 0.29) is 5.56 Å². The number of aromatic amines is 1. The quantitative estimate of drug-likeness (QED) is 0.455. The molecule has 0 radical (unpaired) electrons. The molecule has 0 aliphatic carbocycles. The molecule has 31 heavy (non-hydrogen) atoms. The van der Waals surface area contributed by atoms with Gasteiger partial charge in [-0.3, -0.25) is 14.9 Å². The zero-order valence-corrected chi connectivity index (χ0v) is 18.7. The Balaban J connectivity index is 1.78. The Morgan fingerprint density at radius 2 is 1.77 bits per heavy atom. The highest BCUT2D eigenvalue weighted by atomic mass is 32.1. The van der Waals surface area contributed by atoms with E-state index in [1.54, 1.807) is 40.4 Å². The number of ether oxygens (including phenoxy) is 3. The number of aliphatic imine (C=N–C) groups is 1. The van der Waals surface area contributed by atoms with Crippen LogP contribution in [0, 0.1) is 6.92 Å². The molecule has 0 spiro atoms. The summed E-state index contributed by atoms with van der Waals surface area (Å²) in [6.07, 6.45) is 0. The van der Waals surface area contributed by atoms with Crippen molar-refractivity contribution in [2.75, 3.05) is 21.3 Å². The normalized spacial score (nSPS) is 11.7. The van der Waals surface area contributed by atoms with E-state index >= 15 is 0 Å². The predicted octanol–water partition coefficient (Wildman–Crippen LogP) is 4.25. The highest BCUT2D eigenvalue weighted by Crippen LogP contribution is 2.41. The smallest absolute Gasteiger partial charge is 0.282 e. The van der Waals surface area contributed by atoms with Crippen LogP contribution in [0.15, 0.2) is 46.2 Å². The summed E-state index contributed by atoms with van der Waals surface area (Å²) in [5.41, 5.74) is 2.99. The van der Waals surface area contributed by atoms with Crippen molar-refractivity contribution < 1.29 is 14.2 Å². The van der Waals surface area contributed by atoms with Crippen LogP contribution in [0.25, 0.3) is 15.3 Å². The largest absolute Gasteiger partial charge is 0.493 e. The minimum absolute atomic E-state index is 0.203. The number of nitrogens with zero attached hydrogens (tertiary/aromatic N) is 3. The summed E-state index contributed by atoms with van der Waals surface area (Å²) in [5.74, 6) is 1.47. The van der Waals surface area contributed by atoms with Gasteiger partial charge in [0.25, 0.3) is 5.56 Å². The Bertz CT molecular complexity index is 1290. The summed E-state index contributed by atoms with van der Waals surface area (Å²) in [6, 6.07) is 11.3. The lowest BCUT2D eigenvalue weighted by Crippen LogP contribution is -2.19. The lowest BCUT2D eigenvalue weighted by molar-refractivity contribution is 0.324. The Labute approximate surface area is 182 Å². The Morgan fingerprint density at radius 1 is 1.10 bits per heavy atom. The van der Waals surface area contributed by atoms with Crippen molar-refractivity contribution in [3.63, 3.8) is 0 Å². The summed E-state index contributed by atoms with van der Waals surface area (Å²) in [4.78, 5) is 22.4. The molecule has 0 atom stereocenters. The molecule has 0 amide bonds. The van der Waals surface area contributed by atoms with Gasteiger partial charge in [-0.05, 0) is 26.0 Å². The van der Waals surface area contributed by atoms with Crippen LogP contribution in [-0.2, 0) is 0 Å². The standard InChI is InChI=1S/C22H22N4O4S/c1-12(23-14-10-16(28-3)20(30-5)17(11-14)29-4)19-13(2)25-26(21(19)27)22-24-15-8-6-7-9-18(15)31-22/h6-11,25H,1-5H3. The van der Waals surface area contributed by atoms with Crippen LogP contribution in [0.1, 0.15) is 18.2 Å². The SMILES string of the molecule is COc1cc(N=C(C)c2c(C)[nH]n(-c3nc4ccccc4s3)c2=O)cc(OC)c1OC. The van der Waals surface area contributed by atoms with Gasteiger partial charge in [0.2, 0.25) is 10.9 Å². The van der Waals surface area contributed by atoms with Crippen LogP contribution < -0.4 is 19.8 Å². The third kappa shape index (κ3) is 3.68. The number of para-hydroxylation sites is 1. The lowest BCUT2D eigenvalue weighted by atomic mass is 10.1.